The lowest BCUT2D eigenvalue weighted by Crippen LogP contribution is -2.45. The Bertz CT molecular complexity index is 1070. The molecule has 2 aromatic rings. The number of methoxy groups -OCH3 is 3. The quantitative estimate of drug-likeness (QED) is 0.641. The molecule has 9 heteroatoms. The van der Waals surface area contributed by atoms with Gasteiger partial charge in [-0.15, -0.1) is 0 Å². The summed E-state index contributed by atoms with van der Waals surface area (Å²) in [5, 5.41) is 8.91. The minimum Gasteiger partial charge on any atom is -0.497 e. The molecule has 0 aliphatic carbocycles. The summed E-state index contributed by atoms with van der Waals surface area (Å²) in [6.45, 7) is 3.60. The van der Waals surface area contributed by atoms with Gasteiger partial charge in [-0.1, -0.05) is 12.1 Å². The van der Waals surface area contributed by atoms with Gasteiger partial charge in [-0.2, -0.15) is 5.10 Å². The number of ether oxygens (including phenoxy) is 3. The van der Waals surface area contributed by atoms with Crippen LogP contribution in [-0.4, -0.2) is 68.5 Å². The molecule has 0 radical (unpaired) electrons. The maximum absolute atomic E-state index is 13.4. The average Bonchev–Trinajstić information content (AvgIpc) is 3.28. The van der Waals surface area contributed by atoms with E-state index < -0.39 is 6.04 Å². The number of amides is 3. The lowest BCUT2D eigenvalue weighted by Gasteiger charge is -2.26. The highest BCUT2D eigenvalue weighted by molar-refractivity contribution is 6.03. The smallest absolute Gasteiger partial charge is 0.317 e. The van der Waals surface area contributed by atoms with Gasteiger partial charge in [0.05, 0.1) is 33.1 Å². The van der Waals surface area contributed by atoms with Crippen LogP contribution in [0.25, 0.3) is 0 Å². The van der Waals surface area contributed by atoms with Crippen molar-refractivity contribution < 1.29 is 23.8 Å². The molecule has 0 bridgehead atoms. The topological polar surface area (TPSA) is 92.7 Å². The molecule has 0 aromatic heterocycles. The molecule has 0 spiro atoms. The largest absolute Gasteiger partial charge is 0.497 e. The summed E-state index contributed by atoms with van der Waals surface area (Å²) < 4.78 is 16.4. The Labute approximate surface area is 200 Å². The summed E-state index contributed by atoms with van der Waals surface area (Å²) in [4.78, 5) is 27.1. The zero-order valence-corrected chi connectivity index (χ0v) is 20.5. The maximum atomic E-state index is 13.4. The van der Waals surface area contributed by atoms with Gasteiger partial charge in [-0.25, -0.2) is 9.80 Å². The maximum Gasteiger partial charge on any atom is 0.317 e. The molecule has 1 aliphatic rings. The van der Waals surface area contributed by atoms with Crippen molar-refractivity contribution in [2.45, 2.75) is 32.4 Å². The summed E-state index contributed by atoms with van der Waals surface area (Å²) in [6.07, 6.45) is 0.463. The Balaban J connectivity index is 1.97. The molecular formula is C25H32N4O5. The number of carbonyl (C=O) groups is 2. The summed E-state index contributed by atoms with van der Waals surface area (Å²) in [5.41, 5.74) is 2.36. The average molecular weight is 469 g/mol. The van der Waals surface area contributed by atoms with Gasteiger partial charge in [0.1, 0.15) is 23.8 Å². The van der Waals surface area contributed by atoms with Crippen LogP contribution in [0.4, 0.5) is 4.79 Å². The molecule has 2 aromatic carbocycles. The molecule has 3 rings (SSSR count). The van der Waals surface area contributed by atoms with E-state index in [9.17, 15) is 9.59 Å². The summed E-state index contributed by atoms with van der Waals surface area (Å²) >= 11 is 0. The number of hydrogen-bond acceptors (Lipinski definition) is 6. The van der Waals surface area contributed by atoms with Gasteiger partial charge >= 0.3 is 6.03 Å². The van der Waals surface area contributed by atoms with Crippen molar-refractivity contribution >= 4 is 17.6 Å². The number of urea groups is 1. The van der Waals surface area contributed by atoms with Crippen molar-refractivity contribution in [3.05, 3.63) is 53.6 Å². The molecule has 1 atom stereocenters. The van der Waals surface area contributed by atoms with E-state index in [0.29, 0.717) is 23.7 Å². The van der Waals surface area contributed by atoms with Gasteiger partial charge in [0, 0.05) is 30.6 Å². The summed E-state index contributed by atoms with van der Waals surface area (Å²) in [5.74, 6) is 1.66. The molecule has 1 heterocycles. The molecule has 182 valence electrons. The molecule has 1 aliphatic heterocycles. The number of hydrogen-bond donors (Lipinski definition) is 1. The molecular weight excluding hydrogens is 436 g/mol. The molecule has 9 nitrogen and oxygen atoms in total. The van der Waals surface area contributed by atoms with Gasteiger partial charge in [-0.3, -0.25) is 4.79 Å². The Morgan fingerprint density at radius 3 is 2.44 bits per heavy atom. The first-order chi connectivity index (χ1) is 16.3. The van der Waals surface area contributed by atoms with Crippen molar-refractivity contribution in [1.29, 1.82) is 0 Å². The molecule has 3 amide bonds. The number of carbonyl (C=O) groups excluding carboxylic acids is 2. The van der Waals surface area contributed by atoms with Gasteiger partial charge in [0.2, 0.25) is 0 Å². The third kappa shape index (κ3) is 5.59. The Morgan fingerprint density at radius 2 is 1.79 bits per heavy atom. The Morgan fingerprint density at radius 1 is 1.09 bits per heavy atom. The van der Waals surface area contributed by atoms with E-state index in [1.54, 1.807) is 34.4 Å². The van der Waals surface area contributed by atoms with E-state index in [-0.39, 0.29) is 24.5 Å². The summed E-state index contributed by atoms with van der Waals surface area (Å²) in [6, 6.07) is 12.2. The lowest BCUT2D eigenvalue weighted by atomic mass is 9.97. The van der Waals surface area contributed by atoms with E-state index in [1.807, 2.05) is 50.2 Å². The first-order valence-corrected chi connectivity index (χ1v) is 11.0. The SMILES string of the molecule is COc1cccc(C2=NN(C(=O)CN(C)C(=O)NC(C)C)[C@H](c3cc(OC)ccc3OC)C2)c1. The second kappa shape index (κ2) is 10.9. The van der Waals surface area contributed by atoms with E-state index in [1.165, 1.54) is 9.91 Å². The van der Waals surface area contributed by atoms with Crippen LogP contribution in [0.5, 0.6) is 17.2 Å². The molecule has 1 N–H and O–H groups in total. The molecule has 0 fully saturated rings. The number of hydrazone groups is 1. The zero-order chi connectivity index (χ0) is 24.8. The number of nitrogens with one attached hydrogen (secondary N) is 1. The van der Waals surface area contributed by atoms with Crippen LogP contribution in [0.2, 0.25) is 0 Å². The predicted octanol–water partition coefficient (Wildman–Crippen LogP) is 3.44. The monoisotopic (exact) mass is 468 g/mol. The molecule has 34 heavy (non-hydrogen) atoms. The number of benzene rings is 2. The fraction of sp³-hybridized carbons (Fsp3) is 0.400. The van der Waals surface area contributed by atoms with Crippen LogP contribution >= 0.6 is 0 Å². The lowest BCUT2D eigenvalue weighted by molar-refractivity contribution is -0.133. The Kier molecular flexibility index (Phi) is 7.99. The van der Waals surface area contributed by atoms with Crippen molar-refractivity contribution in [2.75, 3.05) is 34.9 Å². The Hall–Kier alpha value is -3.75. The fourth-order valence-corrected chi connectivity index (χ4v) is 3.76. The van der Waals surface area contributed by atoms with Crippen LogP contribution in [0.3, 0.4) is 0 Å². The molecule has 0 saturated carbocycles. The third-order valence-electron chi connectivity index (χ3n) is 5.50. The highest BCUT2D eigenvalue weighted by Gasteiger charge is 2.36. The van der Waals surface area contributed by atoms with Crippen LogP contribution < -0.4 is 19.5 Å². The van der Waals surface area contributed by atoms with Gasteiger partial charge in [0.15, 0.2) is 0 Å². The first kappa shape index (κ1) is 24.9. The van der Waals surface area contributed by atoms with Crippen molar-refractivity contribution in [2.24, 2.45) is 5.10 Å². The van der Waals surface area contributed by atoms with Gasteiger partial charge in [0.25, 0.3) is 5.91 Å². The minimum atomic E-state index is -0.430. The van der Waals surface area contributed by atoms with Crippen molar-refractivity contribution in [3.63, 3.8) is 0 Å². The van der Waals surface area contributed by atoms with Crippen molar-refractivity contribution in [1.82, 2.24) is 15.2 Å². The molecule has 0 saturated heterocycles. The van der Waals surface area contributed by atoms with E-state index in [2.05, 4.69) is 10.4 Å². The highest BCUT2D eigenvalue weighted by Crippen LogP contribution is 2.39. The summed E-state index contributed by atoms with van der Waals surface area (Å²) in [7, 11) is 6.36. The van der Waals surface area contributed by atoms with E-state index in [4.69, 9.17) is 14.2 Å². The predicted molar refractivity (Wildman–Crippen MR) is 130 cm³/mol. The standard InChI is InChI=1S/C25H32N4O5/c1-16(2)26-25(31)28(3)15-24(30)29-22(20-13-19(33-5)10-11-23(20)34-6)14-21(27-29)17-8-7-9-18(12-17)32-4/h7-13,16,22H,14-15H2,1-6H3,(H,26,31)/t22-/m0/s1. The number of rotatable bonds is 8. The third-order valence-corrected chi connectivity index (χ3v) is 5.50. The first-order valence-electron chi connectivity index (χ1n) is 11.0. The van der Waals surface area contributed by atoms with E-state index in [0.717, 1.165) is 16.8 Å². The minimum absolute atomic E-state index is 0.0386. The second-order valence-corrected chi connectivity index (χ2v) is 8.31. The highest BCUT2D eigenvalue weighted by atomic mass is 16.5. The van der Waals surface area contributed by atoms with Gasteiger partial charge in [-0.05, 0) is 44.2 Å². The van der Waals surface area contributed by atoms with Crippen molar-refractivity contribution in [3.8, 4) is 17.2 Å². The number of nitrogens with zero attached hydrogens (tertiary/aromatic N) is 3. The normalized spacial score (nSPS) is 15.1. The van der Waals surface area contributed by atoms with Crippen LogP contribution in [-0.2, 0) is 4.79 Å². The fourth-order valence-electron chi connectivity index (χ4n) is 3.76. The van der Waals surface area contributed by atoms with Crippen LogP contribution in [0.1, 0.15) is 37.4 Å². The van der Waals surface area contributed by atoms with Crippen LogP contribution in [0.15, 0.2) is 47.6 Å². The molecule has 0 unspecified atom stereocenters. The van der Waals surface area contributed by atoms with Crippen LogP contribution in [0, 0.1) is 0 Å². The zero-order valence-electron chi connectivity index (χ0n) is 20.5. The van der Waals surface area contributed by atoms with Gasteiger partial charge < -0.3 is 24.4 Å². The second-order valence-electron chi connectivity index (χ2n) is 8.31. The van der Waals surface area contributed by atoms with E-state index >= 15 is 0 Å². The number of likely N-dealkylation sites (N-methyl/N-ethyl adjacent to an activating group) is 1.